The molecule has 0 bridgehead atoms. The van der Waals surface area contributed by atoms with Crippen molar-refractivity contribution in [3.8, 4) is 0 Å². The summed E-state index contributed by atoms with van der Waals surface area (Å²) >= 11 is 7.63. The summed E-state index contributed by atoms with van der Waals surface area (Å²) in [6, 6.07) is 15.2. The number of aliphatic hydroxyl groups is 1. The van der Waals surface area contributed by atoms with Crippen molar-refractivity contribution in [3.63, 3.8) is 0 Å². The van der Waals surface area contributed by atoms with Gasteiger partial charge in [-0.15, -0.1) is 11.8 Å². The third-order valence-electron chi connectivity index (χ3n) is 3.77. The number of carbonyl (C=O) groups is 2. The lowest BCUT2D eigenvalue weighted by Crippen LogP contribution is -2.34. The molecule has 2 aromatic rings. The summed E-state index contributed by atoms with van der Waals surface area (Å²) in [5.41, 5.74) is 2.05. The van der Waals surface area contributed by atoms with Crippen LogP contribution in [0.15, 0.2) is 65.2 Å². The molecule has 2 aromatic carbocycles. The maximum atomic E-state index is 12.3. The quantitative estimate of drug-likeness (QED) is 0.562. The lowest BCUT2D eigenvalue weighted by molar-refractivity contribution is -0.137. The number of aliphatic hydroxyl groups excluding tert-OH is 1. The topological polar surface area (TPSA) is 69.6 Å². The number of para-hydroxylation sites is 1. The van der Waals surface area contributed by atoms with E-state index in [1.54, 1.807) is 11.8 Å². The number of thioether (sulfide) groups is 1. The molecule has 1 aliphatic heterocycles. The number of benzene rings is 2. The highest BCUT2D eigenvalue weighted by Crippen LogP contribution is 2.31. The van der Waals surface area contributed by atoms with Crippen molar-refractivity contribution in [2.75, 3.05) is 18.5 Å². The lowest BCUT2D eigenvalue weighted by atomic mass is 10.2. The predicted molar refractivity (Wildman–Crippen MR) is 103 cm³/mol. The molecule has 0 aliphatic carbocycles. The molecule has 26 heavy (non-hydrogen) atoms. The molecule has 1 heterocycles. The second kappa shape index (κ2) is 8.40. The largest absolute Gasteiger partial charge is 0.395 e. The molecule has 5 nitrogen and oxygen atoms in total. The molecule has 0 fully saturated rings. The Labute approximate surface area is 160 Å². The average Bonchev–Trinajstić information content (AvgIpc) is 2.89. The molecule has 2 amide bonds. The first-order chi connectivity index (χ1) is 12.6. The van der Waals surface area contributed by atoms with Gasteiger partial charge in [0.15, 0.2) is 0 Å². The molecular weight excluding hydrogens is 372 g/mol. The molecular formula is C19H17ClN2O3S. The van der Waals surface area contributed by atoms with Crippen LogP contribution in [0, 0.1) is 0 Å². The van der Waals surface area contributed by atoms with E-state index >= 15 is 0 Å². The number of β-amino-alcohol motifs (C(OH)–C–C–N with tert-alkyl or cyclic N) is 1. The number of carbonyl (C=O) groups excluding carboxylic acids is 2. The van der Waals surface area contributed by atoms with Gasteiger partial charge in [0.05, 0.1) is 18.8 Å². The third-order valence-corrected chi connectivity index (χ3v) is 5.15. The normalized spacial score (nSPS) is 13.9. The highest BCUT2D eigenvalue weighted by molar-refractivity contribution is 7.98. The van der Waals surface area contributed by atoms with E-state index in [2.05, 4.69) is 5.32 Å². The summed E-state index contributed by atoms with van der Waals surface area (Å²) in [6.07, 6.45) is 1.26. The second-order valence-electron chi connectivity index (χ2n) is 5.62. The van der Waals surface area contributed by atoms with E-state index in [4.69, 9.17) is 16.7 Å². The summed E-state index contributed by atoms with van der Waals surface area (Å²) in [5.74, 6) is -0.128. The molecule has 7 heteroatoms. The Hall–Kier alpha value is -2.28. The van der Waals surface area contributed by atoms with E-state index in [0.717, 1.165) is 26.8 Å². The van der Waals surface area contributed by atoms with E-state index < -0.39 is 11.8 Å². The summed E-state index contributed by atoms with van der Waals surface area (Å²) in [4.78, 5) is 26.1. The van der Waals surface area contributed by atoms with E-state index in [1.165, 1.54) is 6.08 Å². The number of rotatable bonds is 7. The number of nitrogens with one attached hydrogen (secondary N) is 1. The molecule has 3 rings (SSSR count). The zero-order chi connectivity index (χ0) is 18.5. The fourth-order valence-electron chi connectivity index (χ4n) is 2.54. The van der Waals surface area contributed by atoms with Crippen LogP contribution in [0.2, 0.25) is 5.02 Å². The van der Waals surface area contributed by atoms with Gasteiger partial charge in [0.25, 0.3) is 11.8 Å². The third kappa shape index (κ3) is 4.27. The van der Waals surface area contributed by atoms with Crippen LogP contribution < -0.4 is 5.32 Å². The lowest BCUT2D eigenvalue weighted by Gasteiger charge is -2.15. The monoisotopic (exact) mass is 388 g/mol. The van der Waals surface area contributed by atoms with E-state index in [0.29, 0.717) is 5.02 Å². The number of hydrogen-bond donors (Lipinski definition) is 2. The van der Waals surface area contributed by atoms with Crippen LogP contribution in [0.25, 0.3) is 0 Å². The summed E-state index contributed by atoms with van der Waals surface area (Å²) < 4.78 is 0. The van der Waals surface area contributed by atoms with Gasteiger partial charge in [-0.3, -0.25) is 14.5 Å². The molecule has 0 saturated carbocycles. The average molecular weight is 389 g/mol. The highest BCUT2D eigenvalue weighted by Gasteiger charge is 2.30. The minimum absolute atomic E-state index is 0.00941. The highest BCUT2D eigenvalue weighted by atomic mass is 35.5. The van der Waals surface area contributed by atoms with Crippen LogP contribution in [0.3, 0.4) is 0 Å². The van der Waals surface area contributed by atoms with Crippen LogP contribution in [0.1, 0.15) is 5.56 Å². The SMILES string of the molecule is O=C1C=C(Nc2ccccc2SCc2cccc(Cl)c2)C(=O)N1CCO. The molecule has 0 radical (unpaired) electrons. The predicted octanol–water partition coefficient (Wildman–Crippen LogP) is 3.29. The molecule has 1 aliphatic rings. The number of nitrogens with zero attached hydrogens (tertiary/aromatic N) is 1. The van der Waals surface area contributed by atoms with E-state index in [-0.39, 0.29) is 18.8 Å². The van der Waals surface area contributed by atoms with Gasteiger partial charge in [0, 0.05) is 21.7 Å². The van der Waals surface area contributed by atoms with Crippen LogP contribution in [-0.2, 0) is 15.3 Å². The Bertz CT molecular complexity index is 869. The minimum Gasteiger partial charge on any atom is -0.395 e. The zero-order valence-corrected chi connectivity index (χ0v) is 15.4. The fourth-order valence-corrected chi connectivity index (χ4v) is 3.70. The van der Waals surface area contributed by atoms with Gasteiger partial charge >= 0.3 is 0 Å². The van der Waals surface area contributed by atoms with Crippen molar-refractivity contribution < 1.29 is 14.7 Å². The van der Waals surface area contributed by atoms with Gasteiger partial charge in [0.2, 0.25) is 0 Å². The first kappa shape index (κ1) is 18.5. The zero-order valence-electron chi connectivity index (χ0n) is 13.8. The first-order valence-electron chi connectivity index (χ1n) is 8.00. The molecule has 0 unspecified atom stereocenters. The summed E-state index contributed by atoms with van der Waals surface area (Å²) in [7, 11) is 0. The van der Waals surface area contributed by atoms with Gasteiger partial charge in [-0.05, 0) is 29.8 Å². The van der Waals surface area contributed by atoms with Crippen LogP contribution in [0.5, 0.6) is 0 Å². The van der Waals surface area contributed by atoms with Gasteiger partial charge in [-0.2, -0.15) is 0 Å². The molecule has 134 valence electrons. The second-order valence-corrected chi connectivity index (χ2v) is 7.07. The van der Waals surface area contributed by atoms with Gasteiger partial charge in [-0.1, -0.05) is 35.9 Å². The Morgan fingerprint density at radius 3 is 2.69 bits per heavy atom. The van der Waals surface area contributed by atoms with Crippen LogP contribution >= 0.6 is 23.4 Å². The minimum atomic E-state index is -0.432. The Kier molecular flexibility index (Phi) is 5.98. The number of halogens is 1. The van der Waals surface area contributed by atoms with Crippen molar-refractivity contribution in [2.45, 2.75) is 10.6 Å². The number of anilines is 1. The van der Waals surface area contributed by atoms with Gasteiger partial charge < -0.3 is 10.4 Å². The number of imide groups is 1. The molecule has 2 N–H and O–H groups in total. The number of hydrogen-bond acceptors (Lipinski definition) is 5. The van der Waals surface area contributed by atoms with Crippen molar-refractivity contribution in [2.24, 2.45) is 0 Å². The van der Waals surface area contributed by atoms with Crippen molar-refractivity contribution in [3.05, 3.63) is 70.9 Å². The molecule has 0 saturated heterocycles. The molecule has 0 spiro atoms. The maximum Gasteiger partial charge on any atom is 0.277 e. The van der Waals surface area contributed by atoms with E-state index in [9.17, 15) is 9.59 Å². The van der Waals surface area contributed by atoms with E-state index in [1.807, 2.05) is 48.5 Å². The fraction of sp³-hybridized carbons (Fsp3) is 0.158. The summed E-state index contributed by atoms with van der Waals surface area (Å²) in [5, 5.41) is 12.7. The Morgan fingerprint density at radius 1 is 1.12 bits per heavy atom. The van der Waals surface area contributed by atoms with Crippen LogP contribution in [0.4, 0.5) is 5.69 Å². The summed E-state index contributed by atoms with van der Waals surface area (Å²) in [6.45, 7) is -0.269. The Balaban J connectivity index is 1.73. The number of amides is 2. The van der Waals surface area contributed by atoms with Gasteiger partial charge in [0.1, 0.15) is 5.70 Å². The van der Waals surface area contributed by atoms with Crippen molar-refractivity contribution in [1.29, 1.82) is 0 Å². The van der Waals surface area contributed by atoms with Crippen molar-refractivity contribution >= 4 is 40.9 Å². The van der Waals surface area contributed by atoms with Crippen molar-refractivity contribution in [1.82, 2.24) is 4.90 Å². The molecule has 0 atom stereocenters. The Morgan fingerprint density at radius 2 is 1.92 bits per heavy atom. The van der Waals surface area contributed by atoms with Gasteiger partial charge in [-0.25, -0.2) is 0 Å². The standard InChI is InChI=1S/C19H17ClN2O3S/c20-14-5-3-4-13(10-14)12-26-17-7-2-1-6-15(17)21-16-11-18(24)22(8-9-23)19(16)25/h1-7,10-11,21,23H,8-9,12H2. The smallest absolute Gasteiger partial charge is 0.277 e. The maximum absolute atomic E-state index is 12.3. The molecule has 0 aromatic heterocycles. The first-order valence-corrected chi connectivity index (χ1v) is 9.36. The van der Waals surface area contributed by atoms with Crippen LogP contribution in [-0.4, -0.2) is 35.0 Å².